The third kappa shape index (κ3) is 3.79. The van der Waals surface area contributed by atoms with Gasteiger partial charge >= 0.3 is 0 Å². The van der Waals surface area contributed by atoms with Gasteiger partial charge in [0, 0.05) is 19.3 Å². The summed E-state index contributed by atoms with van der Waals surface area (Å²) in [6, 6.07) is 8.41. The number of methoxy groups -OCH3 is 1. The van der Waals surface area contributed by atoms with E-state index in [9.17, 15) is 0 Å². The molecule has 2 nitrogen and oxygen atoms in total. The summed E-state index contributed by atoms with van der Waals surface area (Å²) in [7, 11) is 1.74. The lowest BCUT2D eigenvalue weighted by molar-refractivity contribution is 0.164. The number of hydrogen-bond donors (Lipinski definition) is 1. The summed E-state index contributed by atoms with van der Waals surface area (Å²) in [5, 5.41) is 3.39. The Balaban J connectivity index is 2.37. The Hall–Kier alpha value is -1.02. The molecule has 0 saturated carbocycles. The SMILES string of the molecule is COCC(C)CNc1cccc(C)c1. The summed E-state index contributed by atoms with van der Waals surface area (Å²) >= 11 is 0. The lowest BCUT2D eigenvalue weighted by Crippen LogP contribution is -2.15. The van der Waals surface area contributed by atoms with Crippen molar-refractivity contribution in [3.63, 3.8) is 0 Å². The maximum Gasteiger partial charge on any atom is 0.0504 e. The first-order chi connectivity index (χ1) is 6.72. The number of rotatable bonds is 5. The summed E-state index contributed by atoms with van der Waals surface area (Å²) < 4.78 is 5.08. The Morgan fingerprint density at radius 3 is 2.86 bits per heavy atom. The lowest BCUT2D eigenvalue weighted by Gasteiger charge is -2.12. The topological polar surface area (TPSA) is 21.3 Å². The fourth-order valence-electron chi connectivity index (χ4n) is 1.39. The Kier molecular flexibility index (Phi) is 4.47. The average Bonchev–Trinajstić information content (AvgIpc) is 2.15. The van der Waals surface area contributed by atoms with Gasteiger partial charge in [-0.3, -0.25) is 0 Å². The molecule has 0 aliphatic carbocycles. The first kappa shape index (κ1) is 11.1. The van der Waals surface area contributed by atoms with E-state index in [0.29, 0.717) is 5.92 Å². The number of ether oxygens (including phenoxy) is 1. The molecule has 1 atom stereocenters. The second-order valence-electron chi connectivity index (χ2n) is 3.81. The second-order valence-corrected chi connectivity index (χ2v) is 3.81. The van der Waals surface area contributed by atoms with Gasteiger partial charge in [0.25, 0.3) is 0 Å². The van der Waals surface area contributed by atoms with Gasteiger partial charge in [0.1, 0.15) is 0 Å². The molecule has 1 N–H and O–H groups in total. The Bertz CT molecular complexity index is 273. The van der Waals surface area contributed by atoms with Gasteiger partial charge in [0.15, 0.2) is 0 Å². The second kappa shape index (κ2) is 5.66. The number of benzene rings is 1. The van der Waals surface area contributed by atoms with Crippen LogP contribution < -0.4 is 5.32 Å². The normalized spacial score (nSPS) is 12.5. The van der Waals surface area contributed by atoms with E-state index >= 15 is 0 Å². The van der Waals surface area contributed by atoms with Crippen molar-refractivity contribution in [2.24, 2.45) is 5.92 Å². The zero-order chi connectivity index (χ0) is 10.4. The quantitative estimate of drug-likeness (QED) is 0.776. The van der Waals surface area contributed by atoms with Gasteiger partial charge in [0.05, 0.1) is 6.61 Å². The standard InChI is InChI=1S/C12H19NO/c1-10-5-4-6-12(7-10)13-8-11(2)9-14-3/h4-7,11,13H,8-9H2,1-3H3. The van der Waals surface area contributed by atoms with Crippen molar-refractivity contribution in [3.05, 3.63) is 29.8 Å². The van der Waals surface area contributed by atoms with Crippen molar-refractivity contribution in [1.29, 1.82) is 0 Å². The molecule has 0 saturated heterocycles. The maximum atomic E-state index is 5.08. The molecular formula is C12H19NO. The van der Waals surface area contributed by atoms with Crippen LogP contribution in [0.3, 0.4) is 0 Å². The van der Waals surface area contributed by atoms with Gasteiger partial charge in [-0.15, -0.1) is 0 Å². The van der Waals surface area contributed by atoms with Crippen LogP contribution in [0, 0.1) is 12.8 Å². The molecule has 0 spiro atoms. The number of aryl methyl sites for hydroxylation is 1. The third-order valence-electron chi connectivity index (χ3n) is 2.12. The number of anilines is 1. The molecule has 78 valence electrons. The van der Waals surface area contributed by atoms with Crippen LogP contribution in [0.4, 0.5) is 5.69 Å². The molecule has 1 unspecified atom stereocenters. The molecule has 0 radical (unpaired) electrons. The Morgan fingerprint density at radius 2 is 2.21 bits per heavy atom. The molecule has 0 heterocycles. The van der Waals surface area contributed by atoms with Crippen molar-refractivity contribution in [1.82, 2.24) is 0 Å². The maximum absolute atomic E-state index is 5.08. The van der Waals surface area contributed by atoms with Crippen molar-refractivity contribution >= 4 is 5.69 Å². The van der Waals surface area contributed by atoms with Crippen LogP contribution in [-0.2, 0) is 4.74 Å². The highest BCUT2D eigenvalue weighted by Gasteiger charge is 2.00. The number of hydrogen-bond acceptors (Lipinski definition) is 2. The molecule has 0 aliphatic rings. The molecule has 1 aromatic carbocycles. The molecular weight excluding hydrogens is 174 g/mol. The zero-order valence-corrected chi connectivity index (χ0v) is 9.21. The molecule has 0 aliphatic heterocycles. The van der Waals surface area contributed by atoms with E-state index in [1.54, 1.807) is 7.11 Å². The fourth-order valence-corrected chi connectivity index (χ4v) is 1.39. The first-order valence-electron chi connectivity index (χ1n) is 5.02. The van der Waals surface area contributed by atoms with E-state index < -0.39 is 0 Å². The minimum Gasteiger partial charge on any atom is -0.385 e. The largest absolute Gasteiger partial charge is 0.385 e. The van der Waals surface area contributed by atoms with E-state index in [1.165, 1.54) is 11.3 Å². The third-order valence-corrected chi connectivity index (χ3v) is 2.12. The van der Waals surface area contributed by atoms with Gasteiger partial charge in [0.2, 0.25) is 0 Å². The summed E-state index contributed by atoms with van der Waals surface area (Å²) in [6.07, 6.45) is 0. The van der Waals surface area contributed by atoms with Crippen molar-refractivity contribution in [3.8, 4) is 0 Å². The molecule has 0 aromatic heterocycles. The molecule has 0 fully saturated rings. The summed E-state index contributed by atoms with van der Waals surface area (Å²) in [5.74, 6) is 0.542. The summed E-state index contributed by atoms with van der Waals surface area (Å²) in [5.41, 5.74) is 2.47. The van der Waals surface area contributed by atoms with Gasteiger partial charge in [-0.05, 0) is 30.5 Å². The summed E-state index contributed by atoms with van der Waals surface area (Å²) in [6.45, 7) is 6.03. The van der Waals surface area contributed by atoms with Crippen molar-refractivity contribution in [2.45, 2.75) is 13.8 Å². The Morgan fingerprint density at radius 1 is 1.43 bits per heavy atom. The molecule has 14 heavy (non-hydrogen) atoms. The summed E-state index contributed by atoms with van der Waals surface area (Å²) in [4.78, 5) is 0. The molecule has 2 heteroatoms. The van der Waals surface area contributed by atoms with Crippen LogP contribution in [0.15, 0.2) is 24.3 Å². The van der Waals surface area contributed by atoms with Gasteiger partial charge in [-0.2, -0.15) is 0 Å². The van der Waals surface area contributed by atoms with Crippen LogP contribution >= 0.6 is 0 Å². The van der Waals surface area contributed by atoms with Crippen LogP contribution in [0.5, 0.6) is 0 Å². The van der Waals surface area contributed by atoms with Crippen LogP contribution in [0.1, 0.15) is 12.5 Å². The number of nitrogens with one attached hydrogen (secondary N) is 1. The van der Waals surface area contributed by atoms with Crippen molar-refractivity contribution < 1.29 is 4.74 Å². The van der Waals surface area contributed by atoms with Crippen LogP contribution in [0.2, 0.25) is 0 Å². The van der Waals surface area contributed by atoms with E-state index in [4.69, 9.17) is 4.74 Å². The highest BCUT2D eigenvalue weighted by molar-refractivity contribution is 5.45. The van der Waals surface area contributed by atoms with Crippen LogP contribution in [0.25, 0.3) is 0 Å². The molecule has 1 aromatic rings. The highest BCUT2D eigenvalue weighted by atomic mass is 16.5. The van der Waals surface area contributed by atoms with Crippen molar-refractivity contribution in [2.75, 3.05) is 25.6 Å². The minimum atomic E-state index is 0.542. The minimum absolute atomic E-state index is 0.542. The average molecular weight is 193 g/mol. The zero-order valence-electron chi connectivity index (χ0n) is 9.21. The predicted molar refractivity (Wildman–Crippen MR) is 60.7 cm³/mol. The molecule has 0 bridgehead atoms. The smallest absolute Gasteiger partial charge is 0.0504 e. The lowest BCUT2D eigenvalue weighted by atomic mass is 10.2. The Labute approximate surface area is 86.3 Å². The molecule has 0 amide bonds. The highest BCUT2D eigenvalue weighted by Crippen LogP contribution is 2.10. The first-order valence-corrected chi connectivity index (χ1v) is 5.02. The molecule has 1 rings (SSSR count). The van der Waals surface area contributed by atoms with Crippen LogP contribution in [-0.4, -0.2) is 20.3 Å². The van der Waals surface area contributed by atoms with Gasteiger partial charge < -0.3 is 10.1 Å². The van der Waals surface area contributed by atoms with E-state index in [2.05, 4.69) is 43.4 Å². The van der Waals surface area contributed by atoms with Gasteiger partial charge in [-0.25, -0.2) is 0 Å². The van der Waals surface area contributed by atoms with E-state index in [1.807, 2.05) is 0 Å². The van der Waals surface area contributed by atoms with Gasteiger partial charge in [-0.1, -0.05) is 19.1 Å². The monoisotopic (exact) mass is 193 g/mol. The predicted octanol–water partition coefficient (Wildman–Crippen LogP) is 2.69. The fraction of sp³-hybridized carbons (Fsp3) is 0.500. The van der Waals surface area contributed by atoms with E-state index in [0.717, 1.165) is 13.2 Å². The van der Waals surface area contributed by atoms with E-state index in [-0.39, 0.29) is 0 Å².